The number of anilines is 6. The fourth-order valence-electron chi connectivity index (χ4n) is 12.8. The van der Waals surface area contributed by atoms with Crippen molar-refractivity contribution in [3.05, 3.63) is 148 Å². The molecule has 3 heteroatoms. The van der Waals surface area contributed by atoms with E-state index in [2.05, 4.69) is 223 Å². The van der Waals surface area contributed by atoms with Crippen molar-refractivity contribution in [2.24, 2.45) is 0 Å². The number of fused-ring (bicyclic) bond motifs is 6. The lowest BCUT2D eigenvalue weighted by Gasteiger charge is -2.45. The second-order valence-corrected chi connectivity index (χ2v) is 24.3. The van der Waals surface area contributed by atoms with E-state index in [-0.39, 0.29) is 39.2 Å². The molecule has 0 atom stereocenters. The zero-order chi connectivity index (χ0) is 44.3. The van der Waals surface area contributed by atoms with E-state index in [9.17, 15) is 0 Å². The van der Waals surface area contributed by atoms with Gasteiger partial charge in [-0.1, -0.05) is 158 Å². The van der Waals surface area contributed by atoms with Gasteiger partial charge in [-0.3, -0.25) is 0 Å². The van der Waals surface area contributed by atoms with Gasteiger partial charge in [-0.05, 0) is 162 Å². The molecule has 2 nitrogen and oxygen atoms in total. The van der Waals surface area contributed by atoms with Gasteiger partial charge in [0.1, 0.15) is 0 Å². The summed E-state index contributed by atoms with van der Waals surface area (Å²) in [6.45, 7) is 36.1. The number of hydrogen-bond acceptors (Lipinski definition) is 2. The molecule has 4 aliphatic rings. The van der Waals surface area contributed by atoms with E-state index in [0.717, 1.165) is 12.8 Å². The molecule has 0 saturated carbocycles. The van der Waals surface area contributed by atoms with Gasteiger partial charge in [0, 0.05) is 34.0 Å². The third kappa shape index (κ3) is 6.11. The van der Waals surface area contributed by atoms with E-state index in [1.165, 1.54) is 101 Å². The molecule has 6 aromatic carbocycles. The Labute approximate surface area is 373 Å². The normalized spacial score (nSPS) is 18.5. The molecule has 0 spiro atoms. The van der Waals surface area contributed by atoms with E-state index >= 15 is 0 Å². The van der Waals surface area contributed by atoms with Crippen LogP contribution in [0.15, 0.2) is 109 Å². The smallest absolute Gasteiger partial charge is 0.252 e. The van der Waals surface area contributed by atoms with Gasteiger partial charge in [0.2, 0.25) is 0 Å². The molecule has 0 radical (unpaired) electrons. The summed E-state index contributed by atoms with van der Waals surface area (Å²) < 4.78 is 0. The number of hydrogen-bond donors (Lipinski definition) is 0. The highest BCUT2D eigenvalue weighted by molar-refractivity contribution is 7.00. The Morgan fingerprint density at radius 1 is 0.452 bits per heavy atom. The largest absolute Gasteiger partial charge is 0.311 e. The molecule has 2 aliphatic heterocycles. The molecule has 62 heavy (non-hydrogen) atoms. The number of nitrogens with zero attached hydrogens (tertiary/aromatic N) is 2. The first kappa shape index (κ1) is 41.0. The van der Waals surface area contributed by atoms with Gasteiger partial charge < -0.3 is 9.80 Å². The maximum atomic E-state index is 2.68. The summed E-state index contributed by atoms with van der Waals surface area (Å²) in [4.78, 5) is 5.31. The Hall–Kier alpha value is -5.02. The second kappa shape index (κ2) is 13.0. The average molecular weight is 815 g/mol. The minimum absolute atomic E-state index is 0.00350. The van der Waals surface area contributed by atoms with Crippen molar-refractivity contribution in [3.63, 3.8) is 0 Å². The van der Waals surface area contributed by atoms with Crippen LogP contribution in [0.5, 0.6) is 0 Å². The second-order valence-electron chi connectivity index (χ2n) is 24.3. The zero-order valence-electron chi connectivity index (χ0n) is 40.3. The lowest BCUT2D eigenvalue weighted by Crippen LogP contribution is -2.61. The maximum absolute atomic E-state index is 2.68. The van der Waals surface area contributed by atoms with Crippen molar-refractivity contribution in [1.82, 2.24) is 0 Å². The first-order chi connectivity index (χ1) is 28.9. The molecule has 6 aromatic rings. The number of benzene rings is 6. The molecule has 0 bridgehead atoms. The van der Waals surface area contributed by atoms with Crippen molar-refractivity contribution in [2.45, 2.75) is 149 Å². The zero-order valence-corrected chi connectivity index (χ0v) is 40.3. The monoisotopic (exact) mass is 815 g/mol. The minimum Gasteiger partial charge on any atom is -0.311 e. The molecule has 0 N–H and O–H groups in total. The molecule has 0 fully saturated rings. The van der Waals surface area contributed by atoms with Crippen LogP contribution in [0.4, 0.5) is 34.1 Å². The van der Waals surface area contributed by atoms with Crippen molar-refractivity contribution in [2.75, 3.05) is 9.80 Å². The van der Waals surface area contributed by atoms with Gasteiger partial charge in [0.05, 0.1) is 5.69 Å². The summed E-state index contributed by atoms with van der Waals surface area (Å²) >= 11 is 0. The van der Waals surface area contributed by atoms with Crippen molar-refractivity contribution in [1.29, 1.82) is 0 Å². The molecule has 0 aromatic heterocycles. The SMILES string of the molecule is Cc1cc2c3c(c1)N(c1ccc(C(C)(C)C)cc1-c1ccccc1)c1ccc(C(C)(C)C)cc1B3c1cc3c(cc1N2c1ccc2c(c1)C(C)(C)CC2(C)C)C(C)(C)CC3(C)C. The first-order valence-corrected chi connectivity index (χ1v) is 23.3. The first-order valence-electron chi connectivity index (χ1n) is 23.3. The van der Waals surface area contributed by atoms with Crippen LogP contribution in [-0.2, 0) is 32.5 Å². The molecule has 316 valence electrons. The minimum atomic E-state index is -0.0156. The maximum Gasteiger partial charge on any atom is 0.252 e. The summed E-state index contributed by atoms with van der Waals surface area (Å²) in [7, 11) is 0. The molecular formula is C59H67BN2. The summed E-state index contributed by atoms with van der Waals surface area (Å²) in [6, 6.07) is 43.5. The van der Waals surface area contributed by atoms with Crippen LogP contribution >= 0.6 is 0 Å². The molecule has 0 unspecified atom stereocenters. The summed E-state index contributed by atoms with van der Waals surface area (Å²) in [5.74, 6) is 0. The lowest BCUT2D eigenvalue weighted by molar-refractivity contribution is 0.403. The highest BCUT2D eigenvalue weighted by atomic mass is 15.2. The Morgan fingerprint density at radius 3 is 1.58 bits per heavy atom. The van der Waals surface area contributed by atoms with Crippen LogP contribution in [-0.4, -0.2) is 6.71 Å². The topological polar surface area (TPSA) is 6.48 Å². The number of rotatable bonds is 3. The highest BCUT2D eigenvalue weighted by Gasteiger charge is 2.49. The lowest BCUT2D eigenvalue weighted by atomic mass is 9.33. The molecule has 0 amide bonds. The van der Waals surface area contributed by atoms with E-state index in [1.807, 2.05) is 0 Å². The Morgan fingerprint density at radius 2 is 0.968 bits per heavy atom. The van der Waals surface area contributed by atoms with E-state index in [4.69, 9.17) is 0 Å². The third-order valence-electron chi connectivity index (χ3n) is 15.3. The predicted molar refractivity (Wildman–Crippen MR) is 269 cm³/mol. The van der Waals surface area contributed by atoms with Crippen LogP contribution < -0.4 is 26.2 Å². The summed E-state index contributed by atoms with van der Waals surface area (Å²) in [5.41, 5.74) is 24.7. The molecule has 10 rings (SSSR count). The van der Waals surface area contributed by atoms with E-state index in [1.54, 1.807) is 0 Å². The summed E-state index contributed by atoms with van der Waals surface area (Å²) in [5, 5.41) is 0. The molecule has 2 aliphatic carbocycles. The van der Waals surface area contributed by atoms with Gasteiger partial charge in [-0.15, -0.1) is 0 Å². The quantitative estimate of drug-likeness (QED) is 0.164. The third-order valence-corrected chi connectivity index (χ3v) is 15.3. The van der Waals surface area contributed by atoms with Crippen LogP contribution in [0.1, 0.15) is 149 Å². The fourth-order valence-corrected chi connectivity index (χ4v) is 12.8. The van der Waals surface area contributed by atoms with Crippen LogP contribution in [0.3, 0.4) is 0 Å². The van der Waals surface area contributed by atoms with Crippen LogP contribution in [0, 0.1) is 6.92 Å². The van der Waals surface area contributed by atoms with Gasteiger partial charge in [-0.25, -0.2) is 0 Å². The average Bonchev–Trinajstić information content (AvgIpc) is 3.49. The van der Waals surface area contributed by atoms with Gasteiger partial charge >= 0.3 is 0 Å². The van der Waals surface area contributed by atoms with Crippen molar-refractivity contribution < 1.29 is 0 Å². The predicted octanol–water partition coefficient (Wildman–Crippen LogP) is 14.3. The van der Waals surface area contributed by atoms with Crippen LogP contribution in [0.25, 0.3) is 11.1 Å². The molecule has 2 heterocycles. The Bertz CT molecular complexity index is 2840. The fraction of sp³-hybridized carbons (Fsp3) is 0.390. The standard InChI is InChI=1S/C59H67BN2/c1-36-27-51-53-52(28-36)62(48-25-21-38(54(2,3)4)29-41(48)37-19-17-16-18-20-37)49-26-22-39(55(5,6)7)30-46(49)60(53)47-32-44-45(59(14,15)35-58(44,12)13)33-50(47)61(51)40-23-24-42-43(31-40)57(10,11)34-56(42,8)9/h16-33H,34-35H2,1-15H3. The van der Waals surface area contributed by atoms with Gasteiger partial charge in [0.25, 0.3) is 6.71 Å². The van der Waals surface area contributed by atoms with Gasteiger partial charge in [0.15, 0.2) is 0 Å². The van der Waals surface area contributed by atoms with E-state index < -0.39 is 0 Å². The number of aryl methyl sites for hydroxylation is 1. The molecular weight excluding hydrogens is 747 g/mol. The summed E-state index contributed by atoms with van der Waals surface area (Å²) in [6.07, 6.45) is 2.28. The van der Waals surface area contributed by atoms with Crippen molar-refractivity contribution in [3.8, 4) is 11.1 Å². The van der Waals surface area contributed by atoms with Crippen molar-refractivity contribution >= 4 is 57.2 Å². The van der Waals surface area contributed by atoms with Crippen LogP contribution in [0.2, 0.25) is 0 Å². The van der Waals surface area contributed by atoms with E-state index in [0.29, 0.717) is 0 Å². The Balaban J connectivity index is 1.33. The van der Waals surface area contributed by atoms with Gasteiger partial charge in [-0.2, -0.15) is 0 Å². The highest BCUT2D eigenvalue weighted by Crippen LogP contribution is 2.55. The molecule has 0 saturated heterocycles. The Kier molecular flexibility index (Phi) is 8.62.